The molecule has 2 rings (SSSR count). The fourth-order valence-corrected chi connectivity index (χ4v) is 1.77. The van der Waals surface area contributed by atoms with Crippen molar-refractivity contribution in [3.8, 4) is 0 Å². The Morgan fingerprint density at radius 3 is 1.46 bits per heavy atom. The molecule has 0 unspecified atom stereocenters. The van der Waals surface area contributed by atoms with Crippen LogP contribution in [0.25, 0.3) is 0 Å². The Labute approximate surface area is 84.5 Å². The van der Waals surface area contributed by atoms with Gasteiger partial charge in [-0.1, -0.05) is 27.7 Å². The summed E-state index contributed by atoms with van der Waals surface area (Å²) in [6, 6.07) is 0. The van der Waals surface area contributed by atoms with Gasteiger partial charge in [-0.15, -0.1) is 0 Å². The highest BCUT2D eigenvalue weighted by Crippen LogP contribution is 2.53. The summed E-state index contributed by atoms with van der Waals surface area (Å²) in [5.74, 6) is 0. The molecular formula is C12H27N. The zero-order chi connectivity index (χ0) is 10.3. The Balaban J connectivity index is 0.000000322. The van der Waals surface area contributed by atoms with Crippen molar-refractivity contribution >= 4 is 0 Å². The van der Waals surface area contributed by atoms with Crippen LogP contribution < -0.4 is 0 Å². The van der Waals surface area contributed by atoms with Crippen molar-refractivity contribution in [3.05, 3.63) is 0 Å². The molecule has 1 aliphatic carbocycles. The van der Waals surface area contributed by atoms with Crippen molar-refractivity contribution in [1.29, 1.82) is 0 Å². The number of hydrogen-bond acceptors (Lipinski definition) is 1. The number of nitrogens with zero attached hydrogens (tertiary/aromatic N) is 1. The Kier molecular flexibility index (Phi) is 6.40. The predicted molar refractivity (Wildman–Crippen MR) is 61.1 cm³/mol. The van der Waals surface area contributed by atoms with E-state index in [0.717, 1.165) is 5.41 Å². The van der Waals surface area contributed by atoms with Crippen molar-refractivity contribution in [1.82, 2.24) is 4.90 Å². The molecule has 0 radical (unpaired) electrons. The molecule has 1 heterocycles. The van der Waals surface area contributed by atoms with Crippen molar-refractivity contribution in [2.24, 2.45) is 5.41 Å². The van der Waals surface area contributed by atoms with Gasteiger partial charge in [0.2, 0.25) is 0 Å². The van der Waals surface area contributed by atoms with Crippen LogP contribution in [0.3, 0.4) is 0 Å². The van der Waals surface area contributed by atoms with E-state index in [4.69, 9.17) is 0 Å². The molecule has 0 amide bonds. The third kappa shape index (κ3) is 4.12. The molecule has 2 fully saturated rings. The van der Waals surface area contributed by atoms with Crippen LogP contribution in [0.5, 0.6) is 0 Å². The van der Waals surface area contributed by atoms with Crippen LogP contribution in [-0.4, -0.2) is 25.0 Å². The molecule has 1 saturated carbocycles. The standard InChI is InChI=1S/C8H15N.2C2H6/c1-9-6-4-8(2-3-8)5-7-9;2*1-2/h2-7H2,1H3;2*1-2H3. The van der Waals surface area contributed by atoms with Crippen LogP contribution in [0.4, 0.5) is 0 Å². The molecule has 0 N–H and O–H groups in total. The van der Waals surface area contributed by atoms with Gasteiger partial charge in [0.25, 0.3) is 0 Å². The molecule has 0 aromatic carbocycles. The SMILES string of the molecule is CC.CC.CN1CCC2(CC1)CC2. The van der Waals surface area contributed by atoms with Gasteiger partial charge in [0.05, 0.1) is 0 Å². The number of rotatable bonds is 0. The van der Waals surface area contributed by atoms with Gasteiger partial charge >= 0.3 is 0 Å². The van der Waals surface area contributed by atoms with Gasteiger partial charge < -0.3 is 4.90 Å². The molecule has 1 aliphatic heterocycles. The van der Waals surface area contributed by atoms with E-state index in [1.807, 2.05) is 27.7 Å². The average Bonchev–Trinajstić information content (AvgIpc) is 2.98. The summed E-state index contributed by atoms with van der Waals surface area (Å²) in [6.45, 7) is 10.7. The molecule has 1 heteroatoms. The van der Waals surface area contributed by atoms with E-state index in [1.54, 1.807) is 0 Å². The molecule has 1 nitrogen and oxygen atoms in total. The second-order valence-electron chi connectivity index (χ2n) is 3.80. The third-order valence-corrected chi connectivity index (χ3v) is 3.00. The van der Waals surface area contributed by atoms with E-state index in [9.17, 15) is 0 Å². The summed E-state index contributed by atoms with van der Waals surface area (Å²) >= 11 is 0. The number of hydrogen-bond donors (Lipinski definition) is 0. The third-order valence-electron chi connectivity index (χ3n) is 3.00. The Bertz CT molecular complexity index is 106. The highest BCUT2D eigenvalue weighted by Gasteiger charge is 2.43. The molecular weight excluding hydrogens is 158 g/mol. The minimum absolute atomic E-state index is 0.868. The molecule has 1 spiro atoms. The zero-order valence-electron chi connectivity index (χ0n) is 10.2. The smallest absolute Gasteiger partial charge is 0.00165 e. The molecule has 2 aliphatic rings. The van der Waals surface area contributed by atoms with Crippen molar-refractivity contribution < 1.29 is 0 Å². The second kappa shape index (κ2) is 6.42. The van der Waals surface area contributed by atoms with Gasteiger partial charge in [-0.25, -0.2) is 0 Å². The summed E-state index contributed by atoms with van der Waals surface area (Å²) in [5.41, 5.74) is 0.868. The van der Waals surface area contributed by atoms with Gasteiger partial charge in [-0.2, -0.15) is 0 Å². The van der Waals surface area contributed by atoms with Crippen LogP contribution in [0.1, 0.15) is 53.4 Å². The van der Waals surface area contributed by atoms with E-state index < -0.39 is 0 Å². The lowest BCUT2D eigenvalue weighted by atomic mass is 9.94. The number of likely N-dealkylation sites (tertiary alicyclic amines) is 1. The van der Waals surface area contributed by atoms with Crippen LogP contribution in [0, 0.1) is 5.41 Å². The highest BCUT2D eigenvalue weighted by molar-refractivity contribution is 4.96. The first-order valence-electron chi connectivity index (χ1n) is 5.99. The summed E-state index contributed by atoms with van der Waals surface area (Å²) in [5, 5.41) is 0. The summed E-state index contributed by atoms with van der Waals surface area (Å²) in [4.78, 5) is 2.45. The van der Waals surface area contributed by atoms with E-state index in [-0.39, 0.29) is 0 Å². The Hall–Kier alpha value is -0.0400. The van der Waals surface area contributed by atoms with Gasteiger partial charge in [-0.05, 0) is 51.2 Å². The fraction of sp³-hybridized carbons (Fsp3) is 1.00. The van der Waals surface area contributed by atoms with Gasteiger partial charge in [0, 0.05) is 0 Å². The minimum atomic E-state index is 0.868. The van der Waals surface area contributed by atoms with Gasteiger partial charge in [0.15, 0.2) is 0 Å². The first kappa shape index (κ1) is 13.0. The molecule has 13 heavy (non-hydrogen) atoms. The van der Waals surface area contributed by atoms with Crippen molar-refractivity contribution in [3.63, 3.8) is 0 Å². The number of piperidine rings is 1. The molecule has 80 valence electrons. The molecule has 1 saturated heterocycles. The van der Waals surface area contributed by atoms with Crippen molar-refractivity contribution in [2.45, 2.75) is 53.4 Å². The summed E-state index contributed by atoms with van der Waals surface area (Å²) < 4.78 is 0. The maximum Gasteiger partial charge on any atom is -0.00165 e. The lowest BCUT2D eigenvalue weighted by molar-refractivity contribution is 0.206. The first-order chi connectivity index (χ1) is 6.31. The lowest BCUT2D eigenvalue weighted by Gasteiger charge is -2.28. The second-order valence-corrected chi connectivity index (χ2v) is 3.80. The summed E-state index contributed by atoms with van der Waals surface area (Å²) in [6.07, 6.45) is 6.01. The summed E-state index contributed by atoms with van der Waals surface area (Å²) in [7, 11) is 2.23. The predicted octanol–water partition coefficient (Wildman–Crippen LogP) is 3.54. The van der Waals surface area contributed by atoms with E-state index in [0.29, 0.717) is 0 Å². The van der Waals surface area contributed by atoms with E-state index in [2.05, 4.69) is 11.9 Å². The average molecular weight is 185 g/mol. The molecule has 0 aromatic heterocycles. The van der Waals surface area contributed by atoms with Gasteiger partial charge in [-0.3, -0.25) is 0 Å². The normalized spacial score (nSPS) is 23.8. The first-order valence-corrected chi connectivity index (χ1v) is 5.99. The van der Waals surface area contributed by atoms with Crippen LogP contribution in [0.15, 0.2) is 0 Å². The monoisotopic (exact) mass is 185 g/mol. The molecule has 0 bridgehead atoms. The van der Waals surface area contributed by atoms with Crippen LogP contribution in [0.2, 0.25) is 0 Å². The topological polar surface area (TPSA) is 3.24 Å². The van der Waals surface area contributed by atoms with Gasteiger partial charge in [0.1, 0.15) is 0 Å². The van der Waals surface area contributed by atoms with E-state index >= 15 is 0 Å². The maximum absolute atomic E-state index is 2.45. The van der Waals surface area contributed by atoms with Crippen LogP contribution in [-0.2, 0) is 0 Å². The Morgan fingerprint density at radius 2 is 1.15 bits per heavy atom. The maximum atomic E-state index is 2.45. The quantitative estimate of drug-likeness (QED) is 0.558. The van der Waals surface area contributed by atoms with Crippen molar-refractivity contribution in [2.75, 3.05) is 20.1 Å². The van der Waals surface area contributed by atoms with E-state index in [1.165, 1.54) is 38.8 Å². The highest BCUT2D eigenvalue weighted by atomic mass is 15.1. The van der Waals surface area contributed by atoms with Crippen LogP contribution >= 0.6 is 0 Å². The minimum Gasteiger partial charge on any atom is -0.306 e. The molecule has 0 atom stereocenters. The fourth-order valence-electron chi connectivity index (χ4n) is 1.77. The largest absolute Gasteiger partial charge is 0.306 e. The zero-order valence-corrected chi connectivity index (χ0v) is 10.2. The molecule has 0 aromatic rings. The Morgan fingerprint density at radius 1 is 0.769 bits per heavy atom. The lowest BCUT2D eigenvalue weighted by Crippen LogP contribution is -2.30.